The van der Waals surface area contributed by atoms with E-state index < -0.39 is 0 Å². The fraction of sp³-hybridized carbons (Fsp3) is 1.00. The summed E-state index contributed by atoms with van der Waals surface area (Å²) in [7, 11) is 0. The molecule has 1 rings (SSSR count). The first-order chi connectivity index (χ1) is 5.52. The molecule has 0 radical (unpaired) electrons. The van der Waals surface area contributed by atoms with Crippen molar-refractivity contribution in [2.45, 2.75) is 45.8 Å². The first-order valence-corrected chi connectivity index (χ1v) is 4.96. The summed E-state index contributed by atoms with van der Waals surface area (Å²) >= 11 is 0. The van der Waals surface area contributed by atoms with E-state index in [1.54, 1.807) is 0 Å². The zero-order valence-corrected chi connectivity index (χ0v) is 8.33. The molecular weight excluding hydrogens is 150 g/mol. The van der Waals surface area contributed by atoms with Gasteiger partial charge in [0, 0.05) is 6.04 Å². The molecule has 2 heteroatoms. The summed E-state index contributed by atoms with van der Waals surface area (Å²) in [4.78, 5) is 0. The summed E-state index contributed by atoms with van der Waals surface area (Å²) in [5, 5.41) is 9.62. The summed E-state index contributed by atoms with van der Waals surface area (Å²) in [6, 6.07) is 0.00106. The first-order valence-electron chi connectivity index (χ1n) is 4.96. The molecule has 0 amide bonds. The molecule has 1 aliphatic carbocycles. The third-order valence-corrected chi connectivity index (χ3v) is 3.21. The zero-order valence-electron chi connectivity index (χ0n) is 8.33. The van der Waals surface area contributed by atoms with E-state index in [1.165, 1.54) is 0 Å². The van der Waals surface area contributed by atoms with Gasteiger partial charge in [-0.2, -0.15) is 0 Å². The van der Waals surface area contributed by atoms with Gasteiger partial charge in [0.25, 0.3) is 0 Å². The summed E-state index contributed by atoms with van der Waals surface area (Å²) in [5.41, 5.74) is 5.85. The van der Waals surface area contributed by atoms with Crippen LogP contribution in [0.15, 0.2) is 0 Å². The van der Waals surface area contributed by atoms with Gasteiger partial charge in [-0.15, -0.1) is 0 Å². The molecule has 4 atom stereocenters. The second-order valence-corrected chi connectivity index (χ2v) is 4.61. The van der Waals surface area contributed by atoms with E-state index in [1.807, 2.05) is 0 Å². The van der Waals surface area contributed by atoms with Crippen LogP contribution >= 0.6 is 0 Å². The average molecular weight is 171 g/mol. The number of hydrogen-bond acceptors (Lipinski definition) is 2. The van der Waals surface area contributed by atoms with Crippen LogP contribution in [0.25, 0.3) is 0 Å². The van der Waals surface area contributed by atoms with Crippen LogP contribution in [0.5, 0.6) is 0 Å². The van der Waals surface area contributed by atoms with Crippen LogP contribution < -0.4 is 5.73 Å². The van der Waals surface area contributed by atoms with Crippen LogP contribution in [0.2, 0.25) is 0 Å². The highest BCUT2D eigenvalue weighted by Gasteiger charge is 2.33. The third-order valence-electron chi connectivity index (χ3n) is 3.21. The summed E-state index contributed by atoms with van der Waals surface area (Å²) in [5.74, 6) is 1.78. The third kappa shape index (κ3) is 1.99. The lowest BCUT2D eigenvalue weighted by molar-refractivity contribution is 0.0281. The lowest BCUT2D eigenvalue weighted by Crippen LogP contribution is -2.46. The van der Waals surface area contributed by atoms with Crippen LogP contribution in [-0.2, 0) is 0 Å². The SMILES string of the molecule is CC(C)[C@@H]1C[C@@H](N)[C@H](O)[C@@H](C)C1. The Balaban J connectivity index is 2.53. The van der Waals surface area contributed by atoms with Crippen LogP contribution in [0.4, 0.5) is 0 Å². The minimum absolute atomic E-state index is 0.00106. The number of nitrogens with two attached hydrogens (primary N) is 1. The molecule has 12 heavy (non-hydrogen) atoms. The predicted molar refractivity (Wildman–Crippen MR) is 50.7 cm³/mol. The minimum Gasteiger partial charge on any atom is -0.391 e. The zero-order chi connectivity index (χ0) is 9.30. The van der Waals surface area contributed by atoms with Crippen molar-refractivity contribution in [3.8, 4) is 0 Å². The molecule has 0 heterocycles. The fourth-order valence-corrected chi connectivity index (χ4v) is 2.17. The Hall–Kier alpha value is -0.0800. The van der Waals surface area contributed by atoms with Crippen molar-refractivity contribution in [2.75, 3.05) is 0 Å². The molecule has 1 aliphatic rings. The highest BCUT2D eigenvalue weighted by Crippen LogP contribution is 2.32. The Morgan fingerprint density at radius 2 is 1.92 bits per heavy atom. The highest BCUT2D eigenvalue weighted by molar-refractivity contribution is 4.87. The van der Waals surface area contributed by atoms with Gasteiger partial charge in [-0.25, -0.2) is 0 Å². The largest absolute Gasteiger partial charge is 0.391 e. The van der Waals surface area contributed by atoms with Crippen molar-refractivity contribution >= 4 is 0 Å². The number of hydrogen-bond donors (Lipinski definition) is 2. The Morgan fingerprint density at radius 1 is 1.33 bits per heavy atom. The maximum absolute atomic E-state index is 9.62. The van der Waals surface area contributed by atoms with Crippen LogP contribution in [-0.4, -0.2) is 17.3 Å². The second kappa shape index (κ2) is 3.75. The maximum Gasteiger partial charge on any atom is 0.0716 e. The lowest BCUT2D eigenvalue weighted by Gasteiger charge is -2.37. The lowest BCUT2D eigenvalue weighted by atomic mass is 9.73. The highest BCUT2D eigenvalue weighted by atomic mass is 16.3. The quantitative estimate of drug-likeness (QED) is 0.626. The number of rotatable bonds is 1. The monoisotopic (exact) mass is 171 g/mol. The van der Waals surface area contributed by atoms with E-state index in [4.69, 9.17) is 5.73 Å². The van der Waals surface area contributed by atoms with Gasteiger partial charge in [0.05, 0.1) is 6.10 Å². The number of aliphatic hydroxyl groups excluding tert-OH is 1. The molecule has 0 aromatic rings. The smallest absolute Gasteiger partial charge is 0.0716 e. The van der Waals surface area contributed by atoms with E-state index in [2.05, 4.69) is 20.8 Å². The normalized spacial score (nSPS) is 43.5. The van der Waals surface area contributed by atoms with Gasteiger partial charge < -0.3 is 10.8 Å². The van der Waals surface area contributed by atoms with Crippen molar-refractivity contribution in [2.24, 2.45) is 23.5 Å². The molecule has 3 N–H and O–H groups in total. The predicted octanol–water partition coefficient (Wildman–Crippen LogP) is 1.38. The Labute approximate surface area is 75.2 Å². The summed E-state index contributed by atoms with van der Waals surface area (Å²) < 4.78 is 0. The molecule has 0 spiro atoms. The van der Waals surface area contributed by atoms with Gasteiger partial charge in [-0.1, -0.05) is 20.8 Å². The molecule has 1 saturated carbocycles. The molecule has 72 valence electrons. The van der Waals surface area contributed by atoms with Gasteiger partial charge in [-0.05, 0) is 30.6 Å². The number of aliphatic hydroxyl groups is 1. The Kier molecular flexibility index (Phi) is 3.13. The molecule has 0 unspecified atom stereocenters. The molecule has 0 saturated heterocycles. The molecule has 1 fully saturated rings. The van der Waals surface area contributed by atoms with E-state index in [-0.39, 0.29) is 12.1 Å². The fourth-order valence-electron chi connectivity index (χ4n) is 2.17. The van der Waals surface area contributed by atoms with Crippen molar-refractivity contribution in [1.29, 1.82) is 0 Å². The van der Waals surface area contributed by atoms with Crippen LogP contribution in [0, 0.1) is 17.8 Å². The summed E-state index contributed by atoms with van der Waals surface area (Å²) in [6.07, 6.45) is 1.84. The van der Waals surface area contributed by atoms with Gasteiger partial charge in [0.15, 0.2) is 0 Å². The second-order valence-electron chi connectivity index (χ2n) is 4.61. The van der Waals surface area contributed by atoms with Gasteiger partial charge in [-0.3, -0.25) is 0 Å². The van der Waals surface area contributed by atoms with E-state index in [0.717, 1.165) is 12.8 Å². The Morgan fingerprint density at radius 3 is 2.33 bits per heavy atom. The standard InChI is InChI=1S/C10H21NO/c1-6(2)8-4-7(3)10(12)9(11)5-8/h6-10,12H,4-5,11H2,1-3H3/t7-,8-,9+,10+/m0/s1. The molecule has 2 nitrogen and oxygen atoms in total. The molecule has 0 aromatic carbocycles. The van der Waals surface area contributed by atoms with Gasteiger partial charge >= 0.3 is 0 Å². The average Bonchev–Trinajstić information content (AvgIpc) is 1.99. The van der Waals surface area contributed by atoms with Crippen molar-refractivity contribution in [3.63, 3.8) is 0 Å². The molecule has 0 aromatic heterocycles. The molecular formula is C10H21NO. The first kappa shape index (κ1) is 10.0. The van der Waals surface area contributed by atoms with Crippen LogP contribution in [0.3, 0.4) is 0 Å². The van der Waals surface area contributed by atoms with Crippen molar-refractivity contribution < 1.29 is 5.11 Å². The van der Waals surface area contributed by atoms with Gasteiger partial charge in [0.2, 0.25) is 0 Å². The van der Waals surface area contributed by atoms with E-state index in [9.17, 15) is 5.11 Å². The van der Waals surface area contributed by atoms with E-state index in [0.29, 0.717) is 17.8 Å². The van der Waals surface area contributed by atoms with E-state index >= 15 is 0 Å². The van der Waals surface area contributed by atoms with Crippen LogP contribution in [0.1, 0.15) is 33.6 Å². The van der Waals surface area contributed by atoms with Crippen molar-refractivity contribution in [1.82, 2.24) is 0 Å². The minimum atomic E-state index is -0.278. The molecule has 0 aliphatic heterocycles. The topological polar surface area (TPSA) is 46.2 Å². The Bertz CT molecular complexity index is 135. The van der Waals surface area contributed by atoms with Gasteiger partial charge in [0.1, 0.15) is 0 Å². The maximum atomic E-state index is 9.62. The molecule has 0 bridgehead atoms. The van der Waals surface area contributed by atoms with Crippen molar-refractivity contribution in [3.05, 3.63) is 0 Å². The summed E-state index contributed by atoms with van der Waals surface area (Å²) in [6.45, 7) is 6.57.